The topological polar surface area (TPSA) is 107 Å². The number of amides is 1. The van der Waals surface area contributed by atoms with Crippen LogP contribution < -0.4 is 10.9 Å². The number of nitro benzene ring substituents is 1. The van der Waals surface area contributed by atoms with Gasteiger partial charge in [0.2, 0.25) is 5.91 Å². The Morgan fingerprint density at radius 2 is 1.85 bits per heavy atom. The number of halogens is 1. The number of hydrogen-bond donors (Lipinski definition) is 1. The lowest BCUT2D eigenvalue weighted by Gasteiger charge is -2.17. The first-order valence-corrected chi connectivity index (χ1v) is 11.1. The van der Waals surface area contributed by atoms with Crippen LogP contribution in [0.2, 0.25) is 5.02 Å². The van der Waals surface area contributed by atoms with Crippen LogP contribution in [0, 0.1) is 10.1 Å². The molecule has 10 heteroatoms. The minimum absolute atomic E-state index is 0.128. The number of rotatable bonds is 6. The highest BCUT2D eigenvalue weighted by molar-refractivity contribution is 8.00. The standard InChI is InChI=1S/C23H17ClN4O4S/c1-14(21(29)25-15-7-6-8-16(13-15)28(31)32)33-23-26-19-11-4-2-9-17(19)22(30)27(23)20-12-5-3-10-18(20)24/h2-14H,1H3,(H,25,29). The molecule has 1 amide bonds. The predicted molar refractivity (Wildman–Crippen MR) is 129 cm³/mol. The summed E-state index contributed by atoms with van der Waals surface area (Å²) in [6.45, 7) is 1.66. The van der Waals surface area contributed by atoms with Gasteiger partial charge in [-0.05, 0) is 37.3 Å². The maximum Gasteiger partial charge on any atom is 0.271 e. The number of anilines is 1. The van der Waals surface area contributed by atoms with Crippen LogP contribution in [0.15, 0.2) is 82.7 Å². The number of hydrogen-bond acceptors (Lipinski definition) is 6. The Morgan fingerprint density at radius 1 is 1.12 bits per heavy atom. The number of non-ortho nitro benzene ring substituents is 1. The van der Waals surface area contributed by atoms with E-state index in [2.05, 4.69) is 10.3 Å². The first-order valence-electron chi connectivity index (χ1n) is 9.84. The number of nitrogens with zero attached hydrogens (tertiary/aromatic N) is 3. The van der Waals surface area contributed by atoms with Crippen molar-refractivity contribution in [2.24, 2.45) is 0 Å². The normalized spacial score (nSPS) is 11.8. The predicted octanol–water partition coefficient (Wildman–Crippen LogP) is 5.07. The van der Waals surface area contributed by atoms with Gasteiger partial charge in [0.15, 0.2) is 5.16 Å². The number of carbonyl (C=O) groups is 1. The second-order valence-electron chi connectivity index (χ2n) is 7.06. The lowest BCUT2D eigenvalue weighted by atomic mass is 10.2. The van der Waals surface area contributed by atoms with Gasteiger partial charge in [0.1, 0.15) is 0 Å². The van der Waals surface area contributed by atoms with E-state index in [0.29, 0.717) is 32.5 Å². The molecule has 0 aliphatic rings. The van der Waals surface area contributed by atoms with Crippen LogP contribution in [0.25, 0.3) is 16.6 Å². The number of para-hydroxylation sites is 2. The van der Waals surface area contributed by atoms with Crippen LogP contribution in [0.4, 0.5) is 11.4 Å². The van der Waals surface area contributed by atoms with Crippen molar-refractivity contribution in [2.75, 3.05) is 5.32 Å². The maximum atomic E-state index is 13.3. The van der Waals surface area contributed by atoms with Gasteiger partial charge in [-0.3, -0.25) is 24.3 Å². The highest BCUT2D eigenvalue weighted by Gasteiger charge is 2.21. The van der Waals surface area contributed by atoms with Gasteiger partial charge >= 0.3 is 0 Å². The van der Waals surface area contributed by atoms with Crippen LogP contribution in [0.5, 0.6) is 0 Å². The number of fused-ring (bicyclic) bond motifs is 1. The van der Waals surface area contributed by atoms with E-state index in [0.717, 1.165) is 11.8 Å². The molecule has 1 aromatic heterocycles. The Hall–Kier alpha value is -3.69. The van der Waals surface area contributed by atoms with Gasteiger partial charge < -0.3 is 5.32 Å². The van der Waals surface area contributed by atoms with E-state index < -0.39 is 16.1 Å². The fraction of sp³-hybridized carbons (Fsp3) is 0.0870. The monoisotopic (exact) mass is 480 g/mol. The Balaban J connectivity index is 1.70. The molecule has 0 aliphatic carbocycles. The first-order chi connectivity index (χ1) is 15.8. The third-order valence-electron chi connectivity index (χ3n) is 4.81. The molecule has 1 heterocycles. The summed E-state index contributed by atoms with van der Waals surface area (Å²) in [6.07, 6.45) is 0. The third-order valence-corrected chi connectivity index (χ3v) is 6.19. The Bertz CT molecular complexity index is 1440. The van der Waals surface area contributed by atoms with Gasteiger partial charge in [0.05, 0.1) is 31.8 Å². The van der Waals surface area contributed by atoms with Crippen molar-refractivity contribution < 1.29 is 9.72 Å². The summed E-state index contributed by atoms with van der Waals surface area (Å²) in [5.41, 5.74) is 0.826. The molecule has 4 aromatic rings. The van der Waals surface area contributed by atoms with E-state index in [4.69, 9.17) is 11.6 Å². The van der Waals surface area contributed by atoms with Gasteiger partial charge in [0, 0.05) is 17.8 Å². The lowest BCUT2D eigenvalue weighted by molar-refractivity contribution is -0.384. The second-order valence-corrected chi connectivity index (χ2v) is 8.78. The van der Waals surface area contributed by atoms with Crippen molar-refractivity contribution in [3.8, 4) is 5.69 Å². The molecule has 4 rings (SSSR count). The molecule has 0 bridgehead atoms. The molecule has 1 unspecified atom stereocenters. The van der Waals surface area contributed by atoms with Gasteiger partial charge in [-0.15, -0.1) is 0 Å². The molecule has 8 nitrogen and oxygen atoms in total. The van der Waals surface area contributed by atoms with E-state index >= 15 is 0 Å². The molecule has 0 aliphatic heterocycles. The van der Waals surface area contributed by atoms with Crippen LogP contribution in [0.1, 0.15) is 6.92 Å². The first kappa shape index (κ1) is 22.5. The summed E-state index contributed by atoms with van der Waals surface area (Å²) in [4.78, 5) is 41.2. The van der Waals surface area contributed by atoms with Crippen LogP contribution >= 0.6 is 23.4 Å². The maximum absolute atomic E-state index is 13.3. The zero-order valence-electron chi connectivity index (χ0n) is 17.3. The van der Waals surface area contributed by atoms with Gasteiger partial charge in [-0.1, -0.05) is 53.7 Å². The smallest absolute Gasteiger partial charge is 0.271 e. The zero-order chi connectivity index (χ0) is 23.5. The lowest BCUT2D eigenvalue weighted by Crippen LogP contribution is -2.26. The molecule has 3 aromatic carbocycles. The SMILES string of the molecule is CC(Sc1nc2ccccc2c(=O)n1-c1ccccc1Cl)C(=O)Nc1cccc([N+](=O)[O-])c1. The zero-order valence-corrected chi connectivity index (χ0v) is 18.8. The van der Waals surface area contributed by atoms with Crippen molar-refractivity contribution in [3.05, 3.63) is 98.3 Å². The summed E-state index contributed by atoms with van der Waals surface area (Å²) in [5, 5.41) is 14.1. The highest BCUT2D eigenvalue weighted by atomic mass is 35.5. The minimum Gasteiger partial charge on any atom is -0.325 e. The number of benzene rings is 3. The molecule has 1 N–H and O–H groups in total. The van der Waals surface area contributed by atoms with Crippen LogP contribution in [-0.4, -0.2) is 25.6 Å². The Morgan fingerprint density at radius 3 is 2.61 bits per heavy atom. The van der Waals surface area contributed by atoms with Gasteiger partial charge in [-0.2, -0.15) is 0 Å². The minimum atomic E-state index is -0.675. The van der Waals surface area contributed by atoms with E-state index in [1.165, 1.54) is 22.8 Å². The quantitative estimate of drug-likeness (QED) is 0.179. The van der Waals surface area contributed by atoms with Crippen molar-refractivity contribution in [1.82, 2.24) is 9.55 Å². The van der Waals surface area contributed by atoms with E-state index in [9.17, 15) is 19.7 Å². The summed E-state index contributed by atoms with van der Waals surface area (Å²) < 4.78 is 1.40. The molecule has 0 spiro atoms. The Labute approximate surface area is 197 Å². The van der Waals surface area contributed by atoms with E-state index in [1.54, 1.807) is 61.5 Å². The van der Waals surface area contributed by atoms with Crippen molar-refractivity contribution in [1.29, 1.82) is 0 Å². The summed E-state index contributed by atoms with van der Waals surface area (Å²) in [6, 6.07) is 19.5. The number of nitrogens with one attached hydrogen (secondary N) is 1. The largest absolute Gasteiger partial charge is 0.325 e. The van der Waals surface area contributed by atoms with Gasteiger partial charge in [0.25, 0.3) is 11.2 Å². The number of aromatic nitrogens is 2. The molecule has 0 radical (unpaired) electrons. The third kappa shape index (κ3) is 4.74. The summed E-state index contributed by atoms with van der Waals surface area (Å²) in [5.74, 6) is -0.395. The van der Waals surface area contributed by atoms with E-state index in [1.807, 2.05) is 0 Å². The van der Waals surface area contributed by atoms with Crippen molar-refractivity contribution >= 4 is 51.5 Å². The van der Waals surface area contributed by atoms with Crippen molar-refractivity contribution in [2.45, 2.75) is 17.3 Å². The number of nitro groups is 1. The molecular weight excluding hydrogens is 464 g/mol. The number of thioether (sulfide) groups is 1. The molecule has 1 atom stereocenters. The molecule has 166 valence electrons. The molecular formula is C23H17ClN4O4S. The molecule has 33 heavy (non-hydrogen) atoms. The average molecular weight is 481 g/mol. The second kappa shape index (κ2) is 9.43. The summed E-state index contributed by atoms with van der Waals surface area (Å²) in [7, 11) is 0. The summed E-state index contributed by atoms with van der Waals surface area (Å²) >= 11 is 7.46. The van der Waals surface area contributed by atoms with E-state index in [-0.39, 0.29) is 11.2 Å². The molecule has 0 fully saturated rings. The average Bonchev–Trinajstić information content (AvgIpc) is 2.80. The highest BCUT2D eigenvalue weighted by Crippen LogP contribution is 2.29. The molecule has 0 saturated heterocycles. The van der Waals surface area contributed by atoms with Crippen LogP contribution in [0.3, 0.4) is 0 Å². The fourth-order valence-electron chi connectivity index (χ4n) is 3.19. The van der Waals surface area contributed by atoms with Crippen molar-refractivity contribution in [3.63, 3.8) is 0 Å². The number of carbonyl (C=O) groups excluding carboxylic acids is 1. The fourth-order valence-corrected chi connectivity index (χ4v) is 4.33. The van der Waals surface area contributed by atoms with Gasteiger partial charge in [-0.25, -0.2) is 4.98 Å². The Kier molecular flexibility index (Phi) is 6.43. The molecule has 0 saturated carbocycles. The van der Waals surface area contributed by atoms with Crippen LogP contribution in [-0.2, 0) is 4.79 Å².